The monoisotopic (exact) mass is 294 g/mol. The molecule has 0 atom stereocenters. The Labute approximate surface area is 121 Å². The van der Waals surface area contributed by atoms with Crippen molar-refractivity contribution in [2.45, 2.75) is 13.0 Å². The third kappa shape index (κ3) is 3.47. The maximum Gasteiger partial charge on any atom is 0.265 e. The minimum atomic E-state index is -0.168. The molecule has 0 saturated carbocycles. The first-order chi connectivity index (χ1) is 9.58. The van der Waals surface area contributed by atoms with Crippen LogP contribution in [0.15, 0.2) is 18.7 Å². The fourth-order valence-corrected chi connectivity index (χ4v) is 2.46. The van der Waals surface area contributed by atoms with Gasteiger partial charge in [0.1, 0.15) is 10.7 Å². The summed E-state index contributed by atoms with van der Waals surface area (Å²) < 4.78 is 1.97. The Morgan fingerprint density at radius 2 is 2.35 bits per heavy atom. The van der Waals surface area contributed by atoms with Gasteiger partial charge in [0.25, 0.3) is 5.91 Å². The Balaban J connectivity index is 1.82. The van der Waals surface area contributed by atoms with Gasteiger partial charge in [-0.1, -0.05) is 11.3 Å². The lowest BCUT2D eigenvalue weighted by Gasteiger charge is -2.05. The minimum Gasteiger partial charge on any atom is -0.382 e. The van der Waals surface area contributed by atoms with Crippen LogP contribution in [0, 0.1) is 0 Å². The molecule has 0 aliphatic heterocycles. The summed E-state index contributed by atoms with van der Waals surface area (Å²) in [5.74, 6) is 0.115. The van der Waals surface area contributed by atoms with E-state index in [1.165, 1.54) is 11.3 Å². The molecule has 0 aliphatic carbocycles. The van der Waals surface area contributed by atoms with Crippen molar-refractivity contribution in [2.24, 2.45) is 0 Å². The molecule has 0 bridgehead atoms. The standard InChI is InChI=1S/C12H18N6OS/c1-17(2)12-16-10(13)9(20-12)11(19)15-4-3-6-18-7-5-14-8-18/h5,7-8H,3-4,6,13H2,1-2H3,(H,15,19). The SMILES string of the molecule is CN(C)c1nc(N)c(C(=O)NCCCn2ccnc2)s1. The smallest absolute Gasteiger partial charge is 0.265 e. The highest BCUT2D eigenvalue weighted by atomic mass is 32.1. The van der Waals surface area contributed by atoms with Crippen LogP contribution in [0.1, 0.15) is 16.1 Å². The van der Waals surface area contributed by atoms with Crippen molar-refractivity contribution >= 4 is 28.2 Å². The summed E-state index contributed by atoms with van der Waals surface area (Å²) in [6.45, 7) is 1.41. The van der Waals surface area contributed by atoms with Gasteiger partial charge < -0.3 is 20.5 Å². The number of carbonyl (C=O) groups excluding carboxylic acids is 1. The first kappa shape index (κ1) is 14.3. The van der Waals surface area contributed by atoms with Crippen LogP contribution < -0.4 is 16.0 Å². The molecule has 2 aromatic heterocycles. The third-order valence-corrected chi connectivity index (χ3v) is 3.91. The third-order valence-electron chi connectivity index (χ3n) is 2.67. The average Bonchev–Trinajstić information content (AvgIpc) is 3.03. The fraction of sp³-hybridized carbons (Fsp3) is 0.417. The van der Waals surface area contributed by atoms with E-state index in [1.54, 1.807) is 12.5 Å². The van der Waals surface area contributed by atoms with Crippen molar-refractivity contribution in [1.29, 1.82) is 0 Å². The Morgan fingerprint density at radius 3 is 2.95 bits per heavy atom. The van der Waals surface area contributed by atoms with Crippen molar-refractivity contribution in [2.75, 3.05) is 31.3 Å². The number of rotatable bonds is 6. The van der Waals surface area contributed by atoms with Crippen LogP contribution in [0.5, 0.6) is 0 Å². The van der Waals surface area contributed by atoms with Gasteiger partial charge in [0, 0.05) is 39.6 Å². The lowest BCUT2D eigenvalue weighted by Crippen LogP contribution is -2.25. The van der Waals surface area contributed by atoms with E-state index < -0.39 is 0 Å². The van der Waals surface area contributed by atoms with E-state index >= 15 is 0 Å². The second kappa shape index (κ2) is 6.38. The van der Waals surface area contributed by atoms with Gasteiger partial charge >= 0.3 is 0 Å². The van der Waals surface area contributed by atoms with E-state index in [0.29, 0.717) is 11.4 Å². The second-order valence-electron chi connectivity index (χ2n) is 4.52. The van der Waals surface area contributed by atoms with Gasteiger partial charge in [-0.05, 0) is 6.42 Å². The predicted octanol–water partition coefficient (Wildman–Crippen LogP) is 0.808. The van der Waals surface area contributed by atoms with Crippen LogP contribution in [-0.4, -0.2) is 41.1 Å². The van der Waals surface area contributed by atoms with Crippen molar-refractivity contribution in [3.05, 3.63) is 23.6 Å². The van der Waals surface area contributed by atoms with Crippen molar-refractivity contribution in [3.8, 4) is 0 Å². The number of nitrogen functional groups attached to an aromatic ring is 1. The normalized spacial score (nSPS) is 10.5. The number of carbonyl (C=O) groups is 1. The highest BCUT2D eigenvalue weighted by Crippen LogP contribution is 2.26. The van der Waals surface area contributed by atoms with Gasteiger partial charge in [0.05, 0.1) is 6.33 Å². The highest BCUT2D eigenvalue weighted by Gasteiger charge is 2.16. The van der Waals surface area contributed by atoms with Crippen LogP contribution >= 0.6 is 11.3 Å². The number of aryl methyl sites for hydroxylation is 1. The Hall–Kier alpha value is -2.09. The summed E-state index contributed by atoms with van der Waals surface area (Å²) in [5.41, 5.74) is 5.76. The van der Waals surface area contributed by atoms with Crippen molar-refractivity contribution in [3.63, 3.8) is 0 Å². The highest BCUT2D eigenvalue weighted by molar-refractivity contribution is 7.18. The number of nitrogens with zero attached hydrogens (tertiary/aromatic N) is 4. The molecule has 2 rings (SSSR count). The van der Waals surface area contributed by atoms with Gasteiger partial charge in [-0.25, -0.2) is 9.97 Å². The molecule has 8 heteroatoms. The van der Waals surface area contributed by atoms with Gasteiger partial charge in [-0.2, -0.15) is 0 Å². The van der Waals surface area contributed by atoms with Crippen LogP contribution in [0.4, 0.5) is 10.9 Å². The van der Waals surface area contributed by atoms with E-state index in [4.69, 9.17) is 5.73 Å². The number of thiazole rings is 1. The van der Waals surface area contributed by atoms with Gasteiger partial charge in [-0.15, -0.1) is 0 Å². The summed E-state index contributed by atoms with van der Waals surface area (Å²) >= 11 is 1.29. The summed E-state index contributed by atoms with van der Waals surface area (Å²) in [4.78, 5) is 22.4. The van der Waals surface area contributed by atoms with E-state index in [1.807, 2.05) is 29.8 Å². The number of hydrogen-bond acceptors (Lipinski definition) is 6. The molecule has 0 unspecified atom stereocenters. The molecule has 0 spiro atoms. The molecular weight excluding hydrogens is 276 g/mol. The molecular formula is C12H18N6OS. The van der Waals surface area contributed by atoms with Gasteiger partial charge in [0.2, 0.25) is 0 Å². The van der Waals surface area contributed by atoms with Crippen molar-refractivity contribution < 1.29 is 4.79 Å². The molecule has 0 radical (unpaired) electrons. The molecule has 0 saturated heterocycles. The van der Waals surface area contributed by atoms with Crippen LogP contribution in [0.2, 0.25) is 0 Å². The quantitative estimate of drug-likeness (QED) is 0.770. The van der Waals surface area contributed by atoms with Crippen LogP contribution in [0.3, 0.4) is 0 Å². The minimum absolute atomic E-state index is 0.168. The molecule has 2 heterocycles. The van der Waals surface area contributed by atoms with E-state index in [-0.39, 0.29) is 11.7 Å². The molecule has 0 fully saturated rings. The molecule has 7 nitrogen and oxygen atoms in total. The number of nitrogens with two attached hydrogens (primary N) is 1. The zero-order chi connectivity index (χ0) is 14.5. The summed E-state index contributed by atoms with van der Waals surface area (Å²) in [6.07, 6.45) is 6.22. The predicted molar refractivity (Wildman–Crippen MR) is 80.0 cm³/mol. The average molecular weight is 294 g/mol. The molecule has 1 amide bonds. The topological polar surface area (TPSA) is 89.1 Å². The van der Waals surface area contributed by atoms with E-state index in [2.05, 4.69) is 15.3 Å². The Bertz CT molecular complexity index is 563. The summed E-state index contributed by atoms with van der Waals surface area (Å²) in [6, 6.07) is 0. The number of aromatic nitrogens is 3. The molecule has 0 aliphatic rings. The largest absolute Gasteiger partial charge is 0.382 e. The van der Waals surface area contributed by atoms with Crippen LogP contribution in [-0.2, 0) is 6.54 Å². The number of hydrogen-bond donors (Lipinski definition) is 2. The summed E-state index contributed by atoms with van der Waals surface area (Å²) in [7, 11) is 3.73. The van der Waals surface area contributed by atoms with Gasteiger partial charge in [-0.3, -0.25) is 4.79 Å². The maximum atomic E-state index is 12.0. The maximum absolute atomic E-state index is 12.0. The van der Waals surface area contributed by atoms with Crippen LogP contribution in [0.25, 0.3) is 0 Å². The lowest BCUT2D eigenvalue weighted by molar-refractivity contribution is 0.0957. The number of imidazole rings is 1. The van der Waals surface area contributed by atoms with E-state index in [9.17, 15) is 4.79 Å². The molecule has 0 aromatic carbocycles. The number of nitrogens with one attached hydrogen (secondary N) is 1. The summed E-state index contributed by atoms with van der Waals surface area (Å²) in [5, 5.41) is 3.58. The fourth-order valence-electron chi connectivity index (χ4n) is 1.64. The second-order valence-corrected chi connectivity index (χ2v) is 5.49. The van der Waals surface area contributed by atoms with E-state index in [0.717, 1.165) is 18.1 Å². The first-order valence-corrected chi connectivity index (χ1v) is 7.07. The zero-order valence-corrected chi connectivity index (χ0v) is 12.4. The Morgan fingerprint density at radius 1 is 1.55 bits per heavy atom. The number of amides is 1. The molecule has 3 N–H and O–H groups in total. The zero-order valence-electron chi connectivity index (χ0n) is 11.5. The van der Waals surface area contributed by atoms with Gasteiger partial charge in [0.15, 0.2) is 5.13 Å². The van der Waals surface area contributed by atoms with Crippen molar-refractivity contribution in [1.82, 2.24) is 19.9 Å². The molecule has 108 valence electrons. The first-order valence-electron chi connectivity index (χ1n) is 6.25. The lowest BCUT2D eigenvalue weighted by atomic mass is 10.4. The Kier molecular flexibility index (Phi) is 4.57. The number of anilines is 2. The molecule has 20 heavy (non-hydrogen) atoms. The molecule has 2 aromatic rings.